The van der Waals surface area contributed by atoms with E-state index in [1.165, 1.54) is 6.92 Å². The van der Waals surface area contributed by atoms with Crippen LogP contribution in [0.4, 0.5) is 0 Å². The molecule has 0 saturated carbocycles. The SMILES string of the molecule is CCC1(COCCCC(=O)CC(C)=O)COC1. The Labute approximate surface area is 103 Å². The molecule has 1 fully saturated rings. The fourth-order valence-electron chi connectivity index (χ4n) is 1.81. The van der Waals surface area contributed by atoms with Gasteiger partial charge in [-0.2, -0.15) is 0 Å². The fourth-order valence-corrected chi connectivity index (χ4v) is 1.81. The predicted octanol–water partition coefficient (Wildman–Crippen LogP) is 1.76. The third-order valence-corrected chi connectivity index (χ3v) is 3.17. The van der Waals surface area contributed by atoms with Crippen LogP contribution in [0.15, 0.2) is 0 Å². The molecule has 1 aliphatic rings. The summed E-state index contributed by atoms with van der Waals surface area (Å²) in [5.74, 6) is -0.0502. The van der Waals surface area contributed by atoms with Crippen molar-refractivity contribution in [3.05, 3.63) is 0 Å². The summed E-state index contributed by atoms with van der Waals surface area (Å²) in [4.78, 5) is 21.9. The van der Waals surface area contributed by atoms with Crippen molar-refractivity contribution < 1.29 is 19.1 Å². The molecule has 1 aliphatic heterocycles. The summed E-state index contributed by atoms with van der Waals surface area (Å²) >= 11 is 0. The molecule has 0 amide bonds. The van der Waals surface area contributed by atoms with Crippen LogP contribution in [0.3, 0.4) is 0 Å². The van der Waals surface area contributed by atoms with E-state index in [1.54, 1.807) is 0 Å². The van der Waals surface area contributed by atoms with Gasteiger partial charge in [0.2, 0.25) is 0 Å². The highest BCUT2D eigenvalue weighted by molar-refractivity contribution is 5.97. The van der Waals surface area contributed by atoms with E-state index < -0.39 is 0 Å². The topological polar surface area (TPSA) is 52.6 Å². The van der Waals surface area contributed by atoms with Gasteiger partial charge in [-0.15, -0.1) is 0 Å². The van der Waals surface area contributed by atoms with E-state index in [4.69, 9.17) is 9.47 Å². The Kier molecular flexibility index (Phi) is 5.78. The normalized spacial score (nSPS) is 17.5. The minimum atomic E-state index is -0.0625. The Bertz CT molecular complexity index is 263. The first-order valence-corrected chi connectivity index (χ1v) is 6.24. The Hall–Kier alpha value is -0.740. The van der Waals surface area contributed by atoms with Crippen LogP contribution < -0.4 is 0 Å². The van der Waals surface area contributed by atoms with Gasteiger partial charge in [0, 0.05) is 18.4 Å². The van der Waals surface area contributed by atoms with Crippen LogP contribution in [0.25, 0.3) is 0 Å². The van der Waals surface area contributed by atoms with E-state index in [2.05, 4.69) is 6.92 Å². The smallest absolute Gasteiger partial charge is 0.140 e. The van der Waals surface area contributed by atoms with Crippen LogP contribution in [0.5, 0.6) is 0 Å². The summed E-state index contributed by atoms with van der Waals surface area (Å²) in [7, 11) is 0. The van der Waals surface area contributed by atoms with Crippen molar-refractivity contribution in [2.75, 3.05) is 26.4 Å². The first-order chi connectivity index (χ1) is 8.08. The monoisotopic (exact) mass is 242 g/mol. The van der Waals surface area contributed by atoms with E-state index in [-0.39, 0.29) is 23.4 Å². The first-order valence-electron chi connectivity index (χ1n) is 6.24. The Morgan fingerprint density at radius 3 is 2.53 bits per heavy atom. The number of ether oxygens (including phenoxy) is 2. The molecule has 0 N–H and O–H groups in total. The standard InChI is InChI=1S/C13H22O4/c1-3-13(9-17-10-13)8-16-6-4-5-12(15)7-11(2)14/h3-10H2,1-2H3. The molecule has 0 spiro atoms. The zero-order chi connectivity index (χ0) is 12.7. The molecule has 0 aromatic carbocycles. The number of carbonyl (C=O) groups excluding carboxylic acids is 2. The van der Waals surface area contributed by atoms with Crippen LogP contribution in [0.2, 0.25) is 0 Å². The van der Waals surface area contributed by atoms with E-state index in [0.717, 1.165) is 19.6 Å². The van der Waals surface area contributed by atoms with Crippen LogP contribution in [-0.2, 0) is 19.1 Å². The lowest BCUT2D eigenvalue weighted by atomic mass is 9.84. The molecule has 98 valence electrons. The van der Waals surface area contributed by atoms with Crippen molar-refractivity contribution in [1.29, 1.82) is 0 Å². The second kappa shape index (κ2) is 6.87. The average Bonchev–Trinajstić information content (AvgIpc) is 2.20. The highest BCUT2D eigenvalue weighted by atomic mass is 16.5. The number of ketones is 2. The minimum Gasteiger partial charge on any atom is -0.381 e. The summed E-state index contributed by atoms with van der Waals surface area (Å²) in [6, 6.07) is 0. The van der Waals surface area contributed by atoms with Crippen molar-refractivity contribution in [3.63, 3.8) is 0 Å². The lowest BCUT2D eigenvalue weighted by Crippen LogP contribution is -2.45. The third-order valence-electron chi connectivity index (χ3n) is 3.17. The molecule has 0 bridgehead atoms. The van der Waals surface area contributed by atoms with Gasteiger partial charge in [0.1, 0.15) is 11.6 Å². The Morgan fingerprint density at radius 1 is 1.35 bits per heavy atom. The number of rotatable bonds is 9. The van der Waals surface area contributed by atoms with Crippen molar-refractivity contribution in [3.8, 4) is 0 Å². The number of hydrogen-bond acceptors (Lipinski definition) is 4. The predicted molar refractivity (Wildman–Crippen MR) is 63.9 cm³/mol. The molecule has 0 radical (unpaired) electrons. The van der Waals surface area contributed by atoms with E-state index in [0.29, 0.717) is 26.1 Å². The van der Waals surface area contributed by atoms with Crippen LogP contribution in [0.1, 0.15) is 39.5 Å². The maximum absolute atomic E-state index is 11.2. The molecule has 0 aromatic rings. The number of Topliss-reactive ketones (excluding diaryl/α,β-unsaturated/α-hetero) is 2. The Morgan fingerprint density at radius 2 is 2.06 bits per heavy atom. The molecular weight excluding hydrogens is 220 g/mol. The van der Waals surface area contributed by atoms with Crippen LogP contribution in [0, 0.1) is 5.41 Å². The number of hydrogen-bond donors (Lipinski definition) is 0. The van der Waals surface area contributed by atoms with Gasteiger partial charge in [-0.25, -0.2) is 0 Å². The van der Waals surface area contributed by atoms with Gasteiger partial charge in [0.25, 0.3) is 0 Å². The van der Waals surface area contributed by atoms with Crippen LogP contribution >= 0.6 is 0 Å². The van der Waals surface area contributed by atoms with Crippen molar-refractivity contribution >= 4 is 11.6 Å². The zero-order valence-electron chi connectivity index (χ0n) is 10.8. The quantitative estimate of drug-likeness (QED) is 0.456. The molecule has 0 aliphatic carbocycles. The maximum Gasteiger partial charge on any atom is 0.140 e. The molecule has 1 heterocycles. The lowest BCUT2D eigenvalue weighted by Gasteiger charge is -2.40. The Balaban J connectivity index is 2.01. The van der Waals surface area contributed by atoms with E-state index in [9.17, 15) is 9.59 Å². The van der Waals surface area contributed by atoms with Gasteiger partial charge in [-0.1, -0.05) is 6.92 Å². The maximum atomic E-state index is 11.2. The molecule has 1 rings (SSSR count). The average molecular weight is 242 g/mol. The van der Waals surface area contributed by atoms with Gasteiger partial charge >= 0.3 is 0 Å². The van der Waals surface area contributed by atoms with Gasteiger partial charge in [0.15, 0.2) is 0 Å². The van der Waals surface area contributed by atoms with Crippen molar-refractivity contribution in [2.24, 2.45) is 5.41 Å². The minimum absolute atomic E-state index is 0.0123. The number of carbonyl (C=O) groups is 2. The molecule has 0 aromatic heterocycles. The summed E-state index contributed by atoms with van der Waals surface area (Å²) in [5.41, 5.74) is 0.212. The summed E-state index contributed by atoms with van der Waals surface area (Å²) in [6.07, 6.45) is 2.27. The van der Waals surface area contributed by atoms with Gasteiger partial charge < -0.3 is 9.47 Å². The van der Waals surface area contributed by atoms with Gasteiger partial charge in [-0.3, -0.25) is 9.59 Å². The summed E-state index contributed by atoms with van der Waals surface area (Å²) in [6.45, 7) is 6.45. The lowest BCUT2D eigenvalue weighted by molar-refractivity contribution is -0.150. The highest BCUT2D eigenvalue weighted by Crippen LogP contribution is 2.31. The van der Waals surface area contributed by atoms with E-state index in [1.807, 2.05) is 0 Å². The molecule has 1 saturated heterocycles. The summed E-state index contributed by atoms with van der Waals surface area (Å²) in [5, 5.41) is 0. The van der Waals surface area contributed by atoms with Gasteiger partial charge in [-0.05, 0) is 19.8 Å². The molecule has 17 heavy (non-hydrogen) atoms. The summed E-state index contributed by atoms with van der Waals surface area (Å²) < 4.78 is 10.8. The fraction of sp³-hybridized carbons (Fsp3) is 0.846. The van der Waals surface area contributed by atoms with Crippen molar-refractivity contribution in [2.45, 2.75) is 39.5 Å². The largest absolute Gasteiger partial charge is 0.381 e. The molecule has 4 heteroatoms. The molecular formula is C13H22O4. The van der Waals surface area contributed by atoms with Crippen molar-refractivity contribution in [1.82, 2.24) is 0 Å². The first kappa shape index (κ1) is 14.3. The molecule has 0 atom stereocenters. The zero-order valence-corrected chi connectivity index (χ0v) is 10.8. The van der Waals surface area contributed by atoms with Crippen LogP contribution in [-0.4, -0.2) is 38.0 Å². The second-order valence-corrected chi connectivity index (χ2v) is 4.92. The van der Waals surface area contributed by atoms with Gasteiger partial charge in [0.05, 0.1) is 26.2 Å². The van der Waals surface area contributed by atoms with E-state index >= 15 is 0 Å². The molecule has 0 unspecified atom stereocenters. The second-order valence-electron chi connectivity index (χ2n) is 4.92. The molecule has 4 nitrogen and oxygen atoms in total. The highest BCUT2D eigenvalue weighted by Gasteiger charge is 2.36. The third kappa shape index (κ3) is 4.96.